The summed E-state index contributed by atoms with van der Waals surface area (Å²) in [5, 5.41) is 12.2. The highest BCUT2D eigenvalue weighted by Crippen LogP contribution is 2.32. The normalized spacial score (nSPS) is 31.1. The highest BCUT2D eigenvalue weighted by molar-refractivity contribution is 8.00. The summed E-state index contributed by atoms with van der Waals surface area (Å²) in [6.07, 6.45) is 0. The topological polar surface area (TPSA) is 69.6 Å². The molecule has 2 aliphatic heterocycles. The van der Waals surface area contributed by atoms with E-state index in [1.807, 2.05) is 13.8 Å². The van der Waals surface area contributed by atoms with Gasteiger partial charge in [-0.05, 0) is 25.9 Å². The van der Waals surface area contributed by atoms with E-state index in [0.717, 1.165) is 13.1 Å². The van der Waals surface area contributed by atoms with Crippen LogP contribution in [0.25, 0.3) is 0 Å². The monoisotopic (exact) mass is 258 g/mol. The van der Waals surface area contributed by atoms with Crippen LogP contribution >= 0.6 is 11.8 Å². The van der Waals surface area contributed by atoms with E-state index in [1.54, 1.807) is 4.90 Å². The number of hydrogen-bond acceptors (Lipinski definition) is 4. The van der Waals surface area contributed by atoms with Crippen molar-refractivity contribution in [3.05, 3.63) is 0 Å². The molecular formula is C11H18N2O3S. The lowest BCUT2D eigenvalue weighted by Gasteiger charge is -2.36. The molecular weight excluding hydrogens is 240 g/mol. The van der Waals surface area contributed by atoms with Crippen molar-refractivity contribution in [1.29, 1.82) is 0 Å². The van der Waals surface area contributed by atoms with Crippen molar-refractivity contribution in [2.45, 2.75) is 25.3 Å². The second kappa shape index (κ2) is 4.86. The minimum absolute atomic E-state index is 0.0126. The number of carbonyl (C=O) groups is 2. The van der Waals surface area contributed by atoms with Gasteiger partial charge in [0.2, 0.25) is 5.91 Å². The van der Waals surface area contributed by atoms with Crippen molar-refractivity contribution in [1.82, 2.24) is 10.2 Å². The van der Waals surface area contributed by atoms with Crippen LogP contribution in [0.2, 0.25) is 0 Å². The Bertz CT molecular complexity index is 333. The van der Waals surface area contributed by atoms with E-state index in [2.05, 4.69) is 5.32 Å². The first kappa shape index (κ1) is 12.7. The maximum absolute atomic E-state index is 12.3. The largest absolute Gasteiger partial charge is 0.480 e. The van der Waals surface area contributed by atoms with Crippen molar-refractivity contribution in [2.24, 2.45) is 11.8 Å². The van der Waals surface area contributed by atoms with Gasteiger partial charge in [0.25, 0.3) is 0 Å². The quantitative estimate of drug-likeness (QED) is 0.757. The fraction of sp³-hybridized carbons (Fsp3) is 0.818. The number of carboxylic acid groups (broad SMARTS) is 1. The molecule has 0 bridgehead atoms. The van der Waals surface area contributed by atoms with Crippen molar-refractivity contribution in [3.8, 4) is 0 Å². The Balaban J connectivity index is 2.07. The molecule has 2 fully saturated rings. The Labute approximate surface area is 105 Å². The second-order valence-electron chi connectivity index (χ2n) is 4.74. The molecule has 0 aliphatic carbocycles. The molecule has 17 heavy (non-hydrogen) atoms. The number of rotatable bonds is 3. The number of thioether (sulfide) groups is 1. The summed E-state index contributed by atoms with van der Waals surface area (Å²) in [5.41, 5.74) is 0. The molecule has 0 aromatic rings. The highest BCUT2D eigenvalue weighted by Gasteiger charge is 2.42. The van der Waals surface area contributed by atoms with E-state index in [9.17, 15) is 9.59 Å². The van der Waals surface area contributed by atoms with E-state index in [0.29, 0.717) is 11.7 Å². The predicted octanol–water partition coefficient (Wildman–Crippen LogP) is 0.217. The van der Waals surface area contributed by atoms with Gasteiger partial charge in [-0.25, -0.2) is 4.79 Å². The van der Waals surface area contributed by atoms with E-state index in [-0.39, 0.29) is 17.2 Å². The first-order valence-electron chi connectivity index (χ1n) is 5.89. The number of nitrogens with zero attached hydrogens (tertiary/aromatic N) is 1. The Morgan fingerprint density at radius 2 is 2.12 bits per heavy atom. The van der Waals surface area contributed by atoms with Crippen LogP contribution in [-0.2, 0) is 9.59 Å². The summed E-state index contributed by atoms with van der Waals surface area (Å²) in [5.74, 6) is -0.137. The third kappa shape index (κ3) is 2.28. The molecule has 2 heterocycles. The first-order valence-corrected chi connectivity index (χ1v) is 6.94. The molecule has 96 valence electrons. The Morgan fingerprint density at radius 3 is 2.59 bits per heavy atom. The lowest BCUT2D eigenvalue weighted by atomic mass is 9.87. The lowest BCUT2D eigenvalue weighted by molar-refractivity contribution is -0.151. The molecule has 2 aliphatic rings. The van der Waals surface area contributed by atoms with Crippen LogP contribution in [0.1, 0.15) is 13.8 Å². The highest BCUT2D eigenvalue weighted by atomic mass is 32.2. The zero-order valence-electron chi connectivity index (χ0n) is 10.0. The maximum Gasteiger partial charge on any atom is 0.327 e. The Morgan fingerprint density at radius 1 is 1.47 bits per heavy atom. The van der Waals surface area contributed by atoms with Gasteiger partial charge >= 0.3 is 5.97 Å². The average molecular weight is 258 g/mol. The zero-order valence-corrected chi connectivity index (χ0v) is 10.9. The summed E-state index contributed by atoms with van der Waals surface area (Å²) in [4.78, 5) is 25.0. The minimum Gasteiger partial charge on any atom is -0.480 e. The molecule has 0 radical (unpaired) electrons. The molecule has 2 saturated heterocycles. The van der Waals surface area contributed by atoms with Gasteiger partial charge in [0.05, 0.1) is 5.37 Å². The molecule has 3 atom stereocenters. The van der Waals surface area contributed by atoms with Gasteiger partial charge in [-0.15, -0.1) is 11.8 Å². The molecule has 0 saturated carbocycles. The molecule has 1 amide bonds. The lowest BCUT2D eigenvalue weighted by Crippen LogP contribution is -2.53. The number of aliphatic carboxylic acids is 1. The number of amides is 1. The summed E-state index contributed by atoms with van der Waals surface area (Å²) >= 11 is 1.53. The van der Waals surface area contributed by atoms with Crippen LogP contribution in [0.4, 0.5) is 0 Å². The fourth-order valence-electron chi connectivity index (χ4n) is 2.27. The van der Waals surface area contributed by atoms with Crippen LogP contribution in [-0.4, -0.2) is 52.1 Å². The Hall–Kier alpha value is -0.750. The maximum atomic E-state index is 12.3. The molecule has 6 heteroatoms. The van der Waals surface area contributed by atoms with Gasteiger partial charge in [-0.1, -0.05) is 6.92 Å². The smallest absolute Gasteiger partial charge is 0.327 e. The summed E-state index contributed by atoms with van der Waals surface area (Å²) in [6, 6.07) is -0.655. The van der Waals surface area contributed by atoms with Crippen molar-refractivity contribution in [2.75, 3.05) is 18.8 Å². The van der Waals surface area contributed by atoms with Crippen LogP contribution in [0.5, 0.6) is 0 Å². The SMILES string of the molecule is CC(C(=O)N1C(C)SCC1C(=O)O)C1CNC1. The van der Waals surface area contributed by atoms with Gasteiger partial charge in [0, 0.05) is 11.7 Å². The van der Waals surface area contributed by atoms with Crippen LogP contribution in [0, 0.1) is 11.8 Å². The van der Waals surface area contributed by atoms with Crippen molar-refractivity contribution < 1.29 is 14.7 Å². The summed E-state index contributed by atoms with van der Waals surface area (Å²) < 4.78 is 0. The van der Waals surface area contributed by atoms with Crippen LogP contribution < -0.4 is 5.32 Å². The standard InChI is InChI=1S/C11H18N2O3S/c1-6(8-3-12-4-8)10(14)13-7(2)17-5-9(13)11(15)16/h6-9,12H,3-5H2,1-2H3,(H,15,16). The molecule has 0 aromatic heterocycles. The van der Waals surface area contributed by atoms with Crippen molar-refractivity contribution >= 4 is 23.6 Å². The van der Waals surface area contributed by atoms with Gasteiger partial charge in [-0.2, -0.15) is 0 Å². The van der Waals surface area contributed by atoms with E-state index in [4.69, 9.17) is 5.11 Å². The third-order valence-corrected chi connectivity index (χ3v) is 4.89. The first-order chi connectivity index (χ1) is 8.02. The number of carbonyl (C=O) groups excluding carboxylic acids is 1. The number of carboxylic acids is 1. The van der Waals surface area contributed by atoms with E-state index < -0.39 is 12.0 Å². The molecule has 3 unspecified atom stereocenters. The van der Waals surface area contributed by atoms with E-state index in [1.165, 1.54) is 11.8 Å². The molecule has 2 N–H and O–H groups in total. The summed E-state index contributed by atoms with van der Waals surface area (Å²) in [6.45, 7) is 5.53. The number of nitrogens with one attached hydrogen (secondary N) is 1. The summed E-state index contributed by atoms with van der Waals surface area (Å²) in [7, 11) is 0. The average Bonchev–Trinajstić information content (AvgIpc) is 2.56. The molecule has 2 rings (SSSR count). The molecule has 0 aromatic carbocycles. The minimum atomic E-state index is -0.894. The zero-order chi connectivity index (χ0) is 12.6. The second-order valence-corrected chi connectivity index (χ2v) is 6.09. The third-order valence-electron chi connectivity index (χ3n) is 3.67. The molecule has 5 nitrogen and oxygen atoms in total. The molecule has 0 spiro atoms. The van der Waals surface area contributed by atoms with Gasteiger partial charge in [0.15, 0.2) is 0 Å². The van der Waals surface area contributed by atoms with Gasteiger partial charge in [-0.3, -0.25) is 4.79 Å². The predicted molar refractivity (Wildman–Crippen MR) is 65.7 cm³/mol. The number of hydrogen-bond donors (Lipinski definition) is 2. The van der Waals surface area contributed by atoms with Gasteiger partial charge in [0.1, 0.15) is 6.04 Å². The van der Waals surface area contributed by atoms with E-state index >= 15 is 0 Å². The van der Waals surface area contributed by atoms with Crippen LogP contribution in [0.15, 0.2) is 0 Å². The fourth-order valence-corrected chi connectivity index (χ4v) is 3.44. The Kier molecular flexibility index (Phi) is 3.63. The van der Waals surface area contributed by atoms with Crippen molar-refractivity contribution in [3.63, 3.8) is 0 Å². The van der Waals surface area contributed by atoms with Crippen LogP contribution in [0.3, 0.4) is 0 Å². The van der Waals surface area contributed by atoms with Gasteiger partial charge < -0.3 is 15.3 Å².